The highest BCUT2D eigenvalue weighted by atomic mass is 17.2. The van der Waals surface area contributed by atoms with Gasteiger partial charge in [-0.05, 0) is 31.1 Å². The van der Waals surface area contributed by atoms with Crippen molar-refractivity contribution < 1.29 is 29.6 Å². The molecule has 0 aromatic carbocycles. The highest BCUT2D eigenvalue weighted by Crippen LogP contribution is 2.43. The summed E-state index contributed by atoms with van der Waals surface area (Å²) in [5.74, 6) is -2.71. The van der Waals surface area contributed by atoms with Crippen LogP contribution in [-0.4, -0.2) is 33.4 Å². The SMILES string of the molecule is CCCCCC12C=CC(C(=O)O)(OO1)C(C(=O)O)=C2. The number of hydrogen-bond donors (Lipinski definition) is 2. The number of unbranched alkanes of at least 4 members (excludes halogenated alkanes) is 2. The van der Waals surface area contributed by atoms with E-state index in [9.17, 15) is 14.7 Å². The van der Waals surface area contributed by atoms with Gasteiger partial charge >= 0.3 is 11.9 Å². The van der Waals surface area contributed by atoms with Gasteiger partial charge in [-0.2, -0.15) is 0 Å². The van der Waals surface area contributed by atoms with Crippen LogP contribution in [0.5, 0.6) is 0 Å². The molecular formula is C13H16O6. The first-order valence-electron chi connectivity index (χ1n) is 6.23. The van der Waals surface area contributed by atoms with Crippen molar-refractivity contribution >= 4 is 11.9 Å². The largest absolute Gasteiger partial charge is 0.479 e. The first kappa shape index (κ1) is 13.8. The maximum absolute atomic E-state index is 11.3. The molecule has 0 amide bonds. The summed E-state index contributed by atoms with van der Waals surface area (Å²) in [6, 6.07) is 0. The van der Waals surface area contributed by atoms with E-state index in [1.165, 1.54) is 12.2 Å². The van der Waals surface area contributed by atoms with Crippen LogP contribution in [-0.2, 0) is 19.4 Å². The summed E-state index contributed by atoms with van der Waals surface area (Å²) in [7, 11) is 0. The fourth-order valence-corrected chi connectivity index (χ4v) is 2.31. The third kappa shape index (κ3) is 2.17. The molecule has 1 aliphatic carbocycles. The van der Waals surface area contributed by atoms with Crippen molar-refractivity contribution in [3.05, 3.63) is 23.8 Å². The second-order valence-corrected chi connectivity index (χ2v) is 4.82. The summed E-state index contributed by atoms with van der Waals surface area (Å²) in [5, 5.41) is 18.3. The predicted octanol–water partition coefficient (Wildman–Crippen LogP) is 1.67. The van der Waals surface area contributed by atoms with Crippen LogP contribution >= 0.6 is 0 Å². The van der Waals surface area contributed by atoms with Gasteiger partial charge in [0.1, 0.15) is 5.60 Å². The smallest absolute Gasteiger partial charge is 0.348 e. The number of rotatable bonds is 6. The number of carbonyl (C=O) groups is 2. The van der Waals surface area contributed by atoms with Crippen LogP contribution in [0.3, 0.4) is 0 Å². The Hall–Kier alpha value is -1.66. The molecule has 2 heterocycles. The van der Waals surface area contributed by atoms with Gasteiger partial charge in [-0.3, -0.25) is 0 Å². The van der Waals surface area contributed by atoms with E-state index in [1.54, 1.807) is 6.08 Å². The van der Waals surface area contributed by atoms with Crippen LogP contribution in [0.25, 0.3) is 0 Å². The fraction of sp³-hybridized carbons (Fsp3) is 0.538. The number of aliphatic carboxylic acids is 2. The average molecular weight is 268 g/mol. The van der Waals surface area contributed by atoms with Crippen LogP contribution in [0.4, 0.5) is 0 Å². The first-order chi connectivity index (χ1) is 8.96. The Bertz CT molecular complexity index is 466. The molecule has 0 radical (unpaired) electrons. The summed E-state index contributed by atoms with van der Waals surface area (Å²) in [5.41, 5.74) is -3.29. The molecule has 2 aliphatic heterocycles. The lowest BCUT2D eigenvalue weighted by Crippen LogP contribution is -2.54. The first-order valence-corrected chi connectivity index (χ1v) is 6.23. The van der Waals surface area contributed by atoms with Gasteiger partial charge in [0.05, 0.1) is 5.57 Å². The van der Waals surface area contributed by atoms with E-state index < -0.39 is 23.1 Å². The zero-order valence-electron chi connectivity index (χ0n) is 10.6. The Morgan fingerprint density at radius 3 is 2.42 bits per heavy atom. The molecule has 104 valence electrons. The van der Waals surface area contributed by atoms with Gasteiger partial charge in [-0.25, -0.2) is 19.4 Å². The van der Waals surface area contributed by atoms with Crippen LogP contribution in [0.2, 0.25) is 0 Å². The summed E-state index contributed by atoms with van der Waals surface area (Å²) in [4.78, 5) is 32.5. The molecular weight excluding hydrogens is 252 g/mol. The lowest BCUT2D eigenvalue weighted by atomic mass is 9.79. The zero-order chi connectivity index (χ0) is 14.1. The Morgan fingerprint density at radius 1 is 1.21 bits per heavy atom. The molecule has 0 saturated carbocycles. The number of fused-ring (bicyclic) bond motifs is 1. The second-order valence-electron chi connectivity index (χ2n) is 4.82. The van der Waals surface area contributed by atoms with Crippen molar-refractivity contribution in [2.24, 2.45) is 0 Å². The molecule has 2 N–H and O–H groups in total. The average Bonchev–Trinajstić information content (AvgIpc) is 2.39. The molecule has 2 bridgehead atoms. The summed E-state index contributed by atoms with van der Waals surface area (Å²) >= 11 is 0. The van der Waals surface area contributed by atoms with Gasteiger partial charge in [0.15, 0.2) is 0 Å². The predicted molar refractivity (Wildman–Crippen MR) is 64.3 cm³/mol. The van der Waals surface area contributed by atoms with Gasteiger partial charge < -0.3 is 10.2 Å². The number of hydrogen-bond acceptors (Lipinski definition) is 4. The van der Waals surface area contributed by atoms with Gasteiger partial charge in [-0.1, -0.05) is 19.8 Å². The minimum atomic E-state index is -2.03. The van der Waals surface area contributed by atoms with Gasteiger partial charge in [-0.15, -0.1) is 0 Å². The van der Waals surface area contributed by atoms with E-state index in [-0.39, 0.29) is 5.57 Å². The van der Waals surface area contributed by atoms with Crippen molar-refractivity contribution in [1.29, 1.82) is 0 Å². The second kappa shape index (κ2) is 4.79. The van der Waals surface area contributed by atoms with Crippen molar-refractivity contribution in [2.45, 2.75) is 43.8 Å². The summed E-state index contributed by atoms with van der Waals surface area (Å²) < 4.78 is 0. The molecule has 0 fully saturated rings. The van der Waals surface area contributed by atoms with E-state index in [4.69, 9.17) is 14.9 Å². The Kier molecular flexibility index (Phi) is 3.47. The Balaban J connectivity index is 2.31. The number of carboxylic acid groups (broad SMARTS) is 2. The van der Waals surface area contributed by atoms with Crippen molar-refractivity contribution in [2.75, 3.05) is 0 Å². The third-order valence-corrected chi connectivity index (χ3v) is 3.44. The summed E-state index contributed by atoms with van der Waals surface area (Å²) in [6.45, 7) is 2.06. The maximum atomic E-state index is 11.3. The maximum Gasteiger partial charge on any atom is 0.348 e. The van der Waals surface area contributed by atoms with E-state index >= 15 is 0 Å². The standard InChI is InChI=1S/C13H16O6/c1-2-3-4-5-12-6-7-13(11(16)17,19-18-12)9(8-12)10(14)15/h6-8H,2-5H2,1H3,(H,14,15)(H,16,17). The van der Waals surface area contributed by atoms with Gasteiger partial charge in [0, 0.05) is 0 Å². The molecule has 19 heavy (non-hydrogen) atoms. The molecule has 6 heteroatoms. The quantitative estimate of drug-likeness (QED) is 0.432. The van der Waals surface area contributed by atoms with E-state index in [1.807, 2.05) is 0 Å². The molecule has 0 aromatic rings. The molecule has 6 nitrogen and oxygen atoms in total. The van der Waals surface area contributed by atoms with Crippen molar-refractivity contribution in [3.63, 3.8) is 0 Å². The van der Waals surface area contributed by atoms with E-state index in [0.29, 0.717) is 6.42 Å². The molecule has 0 saturated heterocycles. The third-order valence-electron chi connectivity index (χ3n) is 3.44. The highest BCUT2D eigenvalue weighted by molar-refractivity contribution is 6.01. The highest BCUT2D eigenvalue weighted by Gasteiger charge is 2.56. The van der Waals surface area contributed by atoms with Crippen molar-refractivity contribution in [3.8, 4) is 0 Å². The fourth-order valence-electron chi connectivity index (χ4n) is 2.31. The molecule has 2 unspecified atom stereocenters. The zero-order valence-corrected chi connectivity index (χ0v) is 10.6. The van der Waals surface area contributed by atoms with E-state index in [2.05, 4.69) is 6.92 Å². The van der Waals surface area contributed by atoms with Gasteiger partial charge in [0.25, 0.3) is 0 Å². The Labute approximate surface area is 110 Å². The molecule has 0 spiro atoms. The van der Waals surface area contributed by atoms with Crippen LogP contribution in [0, 0.1) is 0 Å². The van der Waals surface area contributed by atoms with Crippen LogP contribution in [0.1, 0.15) is 32.6 Å². The minimum absolute atomic E-state index is 0.301. The number of carboxylic acids is 2. The molecule has 3 aliphatic rings. The lowest BCUT2D eigenvalue weighted by Gasteiger charge is -2.42. The van der Waals surface area contributed by atoms with Crippen molar-refractivity contribution in [1.82, 2.24) is 0 Å². The molecule has 0 aromatic heterocycles. The summed E-state index contributed by atoms with van der Waals surface area (Å²) in [6.07, 6.45) is 7.59. The van der Waals surface area contributed by atoms with Crippen LogP contribution in [0.15, 0.2) is 23.8 Å². The van der Waals surface area contributed by atoms with Gasteiger partial charge in [0.2, 0.25) is 5.60 Å². The minimum Gasteiger partial charge on any atom is -0.479 e. The Morgan fingerprint density at radius 2 is 1.95 bits per heavy atom. The van der Waals surface area contributed by atoms with E-state index in [0.717, 1.165) is 19.3 Å². The normalized spacial score (nSPS) is 32.2. The molecule has 3 rings (SSSR count). The molecule has 2 atom stereocenters. The topological polar surface area (TPSA) is 93.1 Å². The monoisotopic (exact) mass is 268 g/mol. The van der Waals surface area contributed by atoms with Crippen LogP contribution < -0.4 is 0 Å². The lowest BCUT2D eigenvalue weighted by molar-refractivity contribution is -0.386.